The van der Waals surface area contributed by atoms with Crippen LogP contribution in [-0.2, 0) is 6.54 Å². The third kappa shape index (κ3) is 3.66. The molecule has 0 bridgehead atoms. The average Bonchev–Trinajstić information content (AvgIpc) is 2.77. The van der Waals surface area contributed by atoms with Gasteiger partial charge < -0.3 is 10.7 Å². The number of nitrogens with two attached hydrogens (primary N) is 1. The van der Waals surface area contributed by atoms with Crippen LogP contribution in [0.1, 0.15) is 12.0 Å². The summed E-state index contributed by atoms with van der Waals surface area (Å²) in [5, 5.41) is 3.72. The van der Waals surface area contributed by atoms with Crippen LogP contribution in [0.2, 0.25) is 0 Å². The lowest BCUT2D eigenvalue weighted by Crippen LogP contribution is -2.45. The molecular weight excluding hydrogens is 232 g/mol. The van der Waals surface area contributed by atoms with Gasteiger partial charge in [-0.15, -0.1) is 0 Å². The highest BCUT2D eigenvalue weighted by Gasteiger charge is 2.22. The molecule has 2 rings (SSSR count). The molecule has 1 fully saturated rings. The highest BCUT2D eigenvalue weighted by molar-refractivity contribution is 7.80. The van der Waals surface area contributed by atoms with E-state index in [1.807, 2.05) is 6.07 Å². The molecule has 0 spiro atoms. The van der Waals surface area contributed by atoms with Gasteiger partial charge in [0.05, 0.1) is 0 Å². The quantitative estimate of drug-likeness (QED) is 0.417. The molecule has 1 aliphatic heterocycles. The molecule has 1 aromatic carbocycles. The van der Waals surface area contributed by atoms with Crippen molar-refractivity contribution >= 4 is 17.3 Å². The summed E-state index contributed by atoms with van der Waals surface area (Å²) in [6, 6.07) is 10.9. The summed E-state index contributed by atoms with van der Waals surface area (Å²) in [4.78, 5) is 2.42. The van der Waals surface area contributed by atoms with E-state index in [1.165, 1.54) is 5.56 Å². The number of benzene rings is 1. The molecule has 0 amide bonds. The number of hydrogen-bond acceptors (Lipinski definition) is 3. The summed E-state index contributed by atoms with van der Waals surface area (Å²) < 4.78 is 0. The van der Waals surface area contributed by atoms with Crippen LogP contribution in [0.15, 0.2) is 30.3 Å². The number of likely N-dealkylation sites (tertiary alicyclic amines) is 1. The van der Waals surface area contributed by atoms with Crippen LogP contribution >= 0.6 is 12.2 Å². The van der Waals surface area contributed by atoms with Crippen LogP contribution in [0, 0.1) is 0 Å². The monoisotopic (exact) mass is 250 g/mol. The van der Waals surface area contributed by atoms with Gasteiger partial charge in [0.15, 0.2) is 5.11 Å². The van der Waals surface area contributed by atoms with Crippen molar-refractivity contribution in [3.8, 4) is 0 Å². The Balaban J connectivity index is 1.80. The third-order valence-corrected chi connectivity index (χ3v) is 3.22. The first-order chi connectivity index (χ1) is 8.28. The smallest absolute Gasteiger partial charge is 0.180 e. The summed E-state index contributed by atoms with van der Waals surface area (Å²) in [5.74, 6) is 5.24. The molecule has 1 aliphatic rings. The van der Waals surface area contributed by atoms with Gasteiger partial charge >= 0.3 is 0 Å². The third-order valence-electron chi connectivity index (χ3n) is 2.99. The molecule has 4 nitrogen and oxygen atoms in total. The first-order valence-corrected chi connectivity index (χ1v) is 6.22. The van der Waals surface area contributed by atoms with Gasteiger partial charge in [0.1, 0.15) is 0 Å². The Bertz CT molecular complexity index is 368. The van der Waals surface area contributed by atoms with Crippen LogP contribution in [-0.4, -0.2) is 29.1 Å². The van der Waals surface area contributed by atoms with E-state index >= 15 is 0 Å². The Morgan fingerprint density at radius 3 is 2.88 bits per heavy atom. The fourth-order valence-corrected chi connectivity index (χ4v) is 2.33. The second-order valence-corrected chi connectivity index (χ2v) is 4.73. The normalized spacial score (nSPS) is 20.2. The fourth-order valence-electron chi connectivity index (χ4n) is 2.16. The van der Waals surface area contributed by atoms with E-state index in [0.717, 1.165) is 26.1 Å². The minimum atomic E-state index is 0.405. The standard InChI is InChI=1S/C12H18N4S/c13-15-12(17)14-11-6-7-16(9-11)8-10-4-2-1-3-5-10/h1-5,11H,6-9,13H2,(H2,14,15,17). The predicted molar refractivity (Wildman–Crippen MR) is 73.2 cm³/mol. The second-order valence-electron chi connectivity index (χ2n) is 4.32. The topological polar surface area (TPSA) is 53.3 Å². The molecule has 1 unspecified atom stereocenters. The van der Waals surface area contributed by atoms with Gasteiger partial charge in [0.25, 0.3) is 0 Å². The van der Waals surface area contributed by atoms with E-state index in [0.29, 0.717) is 11.2 Å². The number of nitrogens with one attached hydrogen (secondary N) is 2. The SMILES string of the molecule is NNC(=S)NC1CCN(Cc2ccccc2)C1. The van der Waals surface area contributed by atoms with Crippen molar-refractivity contribution in [1.82, 2.24) is 15.6 Å². The van der Waals surface area contributed by atoms with E-state index < -0.39 is 0 Å². The summed E-state index contributed by atoms with van der Waals surface area (Å²) >= 11 is 4.99. The number of hydrogen-bond donors (Lipinski definition) is 3. The Hall–Kier alpha value is -1.17. The van der Waals surface area contributed by atoms with Crippen LogP contribution in [0.4, 0.5) is 0 Å². The zero-order valence-corrected chi connectivity index (χ0v) is 10.5. The van der Waals surface area contributed by atoms with Gasteiger partial charge in [-0.3, -0.25) is 4.90 Å². The zero-order chi connectivity index (χ0) is 12.1. The minimum Gasteiger partial charge on any atom is -0.358 e. The van der Waals surface area contributed by atoms with Crippen molar-refractivity contribution in [2.45, 2.75) is 19.0 Å². The lowest BCUT2D eigenvalue weighted by molar-refractivity contribution is 0.324. The lowest BCUT2D eigenvalue weighted by atomic mass is 10.2. The lowest BCUT2D eigenvalue weighted by Gasteiger charge is -2.17. The molecule has 0 saturated carbocycles. The zero-order valence-electron chi connectivity index (χ0n) is 9.73. The number of hydrazine groups is 1. The number of thiocarbonyl (C=S) groups is 1. The Kier molecular flexibility index (Phi) is 4.30. The molecule has 92 valence electrons. The van der Waals surface area contributed by atoms with E-state index in [4.69, 9.17) is 18.1 Å². The Morgan fingerprint density at radius 2 is 2.18 bits per heavy atom. The maximum Gasteiger partial charge on any atom is 0.180 e. The van der Waals surface area contributed by atoms with E-state index in [2.05, 4.69) is 39.9 Å². The van der Waals surface area contributed by atoms with E-state index in [1.54, 1.807) is 0 Å². The molecule has 0 aromatic heterocycles. The first kappa shape index (κ1) is 12.3. The molecule has 1 aromatic rings. The fraction of sp³-hybridized carbons (Fsp3) is 0.417. The van der Waals surface area contributed by atoms with Gasteiger partial charge in [-0.2, -0.15) is 0 Å². The maximum absolute atomic E-state index is 5.24. The van der Waals surface area contributed by atoms with Gasteiger partial charge in [-0.1, -0.05) is 30.3 Å². The van der Waals surface area contributed by atoms with Gasteiger partial charge in [-0.05, 0) is 24.2 Å². The first-order valence-electron chi connectivity index (χ1n) is 5.81. The molecule has 1 heterocycles. The van der Waals surface area contributed by atoms with Gasteiger partial charge in [-0.25, -0.2) is 5.84 Å². The van der Waals surface area contributed by atoms with Gasteiger partial charge in [0, 0.05) is 25.7 Å². The van der Waals surface area contributed by atoms with Crippen LogP contribution in [0.5, 0.6) is 0 Å². The van der Waals surface area contributed by atoms with Crippen molar-refractivity contribution in [1.29, 1.82) is 0 Å². The summed E-state index contributed by atoms with van der Waals surface area (Å²) in [5.41, 5.74) is 3.81. The number of rotatable bonds is 3. The van der Waals surface area contributed by atoms with Crippen molar-refractivity contribution in [2.24, 2.45) is 5.84 Å². The summed E-state index contributed by atoms with van der Waals surface area (Å²) in [6.07, 6.45) is 1.11. The highest BCUT2D eigenvalue weighted by atomic mass is 32.1. The average molecular weight is 250 g/mol. The highest BCUT2D eigenvalue weighted by Crippen LogP contribution is 2.13. The van der Waals surface area contributed by atoms with Crippen molar-refractivity contribution in [2.75, 3.05) is 13.1 Å². The Morgan fingerprint density at radius 1 is 1.41 bits per heavy atom. The number of nitrogens with zero attached hydrogens (tertiary/aromatic N) is 1. The molecule has 17 heavy (non-hydrogen) atoms. The predicted octanol–water partition coefficient (Wildman–Crippen LogP) is 0.599. The van der Waals surface area contributed by atoms with Crippen molar-refractivity contribution < 1.29 is 0 Å². The second kappa shape index (κ2) is 5.95. The van der Waals surface area contributed by atoms with Crippen LogP contribution in [0.3, 0.4) is 0 Å². The van der Waals surface area contributed by atoms with Crippen LogP contribution < -0.4 is 16.6 Å². The molecule has 1 saturated heterocycles. The molecule has 5 heteroatoms. The molecule has 4 N–H and O–H groups in total. The molecule has 0 aliphatic carbocycles. The maximum atomic E-state index is 5.24. The van der Waals surface area contributed by atoms with E-state index in [9.17, 15) is 0 Å². The summed E-state index contributed by atoms with van der Waals surface area (Å²) in [6.45, 7) is 3.11. The Labute approximate surface area is 107 Å². The van der Waals surface area contributed by atoms with Crippen molar-refractivity contribution in [3.63, 3.8) is 0 Å². The van der Waals surface area contributed by atoms with Crippen LogP contribution in [0.25, 0.3) is 0 Å². The molecular formula is C12H18N4S. The van der Waals surface area contributed by atoms with Gasteiger partial charge in [0.2, 0.25) is 0 Å². The summed E-state index contributed by atoms with van der Waals surface area (Å²) in [7, 11) is 0. The molecule has 0 radical (unpaired) electrons. The minimum absolute atomic E-state index is 0.405. The largest absolute Gasteiger partial charge is 0.358 e. The molecule has 1 atom stereocenters. The van der Waals surface area contributed by atoms with Crippen molar-refractivity contribution in [3.05, 3.63) is 35.9 Å². The van der Waals surface area contributed by atoms with E-state index in [-0.39, 0.29) is 0 Å².